The molecule has 1 aliphatic heterocycles. The molecule has 2 atom stereocenters. The van der Waals surface area contributed by atoms with Gasteiger partial charge in [0.2, 0.25) is 5.91 Å². The van der Waals surface area contributed by atoms with E-state index in [0.717, 1.165) is 19.4 Å². The number of aromatic nitrogens is 4. The fraction of sp³-hybridized carbons (Fsp3) is 0.308. The third-order valence-electron chi connectivity index (χ3n) is 6.33. The number of rotatable bonds is 6. The summed E-state index contributed by atoms with van der Waals surface area (Å²) in [5.41, 5.74) is 2.43. The van der Waals surface area contributed by atoms with Gasteiger partial charge >= 0.3 is 0 Å². The number of carbonyl (C=O) groups is 1. The summed E-state index contributed by atoms with van der Waals surface area (Å²) in [5, 5.41) is 3.46. The first-order valence-electron chi connectivity index (χ1n) is 11.6. The molecular weight excluding hydrogens is 431 g/mol. The maximum Gasteiger partial charge on any atom is 0.223 e. The van der Waals surface area contributed by atoms with Crippen molar-refractivity contribution >= 4 is 17.4 Å². The van der Waals surface area contributed by atoms with Crippen LogP contribution in [0.15, 0.2) is 67.1 Å². The molecule has 0 radical (unpaired) electrons. The average molecular weight is 459 g/mol. The molecule has 0 aliphatic carbocycles. The molecule has 7 nitrogen and oxygen atoms in total. The van der Waals surface area contributed by atoms with E-state index in [9.17, 15) is 9.18 Å². The maximum atomic E-state index is 13.7. The van der Waals surface area contributed by atoms with Crippen molar-refractivity contribution in [2.24, 2.45) is 0 Å². The van der Waals surface area contributed by atoms with E-state index >= 15 is 0 Å². The van der Waals surface area contributed by atoms with Gasteiger partial charge in [0, 0.05) is 37.9 Å². The zero-order chi connectivity index (χ0) is 23.5. The number of likely N-dealkylation sites (tertiary alicyclic amines) is 1. The summed E-state index contributed by atoms with van der Waals surface area (Å²) in [6.07, 6.45) is 7.09. The summed E-state index contributed by atoms with van der Waals surface area (Å²) in [4.78, 5) is 28.2. The molecule has 0 bridgehead atoms. The Morgan fingerprint density at radius 3 is 2.88 bits per heavy atom. The second-order valence-corrected chi connectivity index (χ2v) is 8.82. The van der Waals surface area contributed by atoms with Crippen molar-refractivity contribution in [2.45, 2.75) is 38.1 Å². The van der Waals surface area contributed by atoms with Gasteiger partial charge in [0.05, 0.1) is 6.20 Å². The van der Waals surface area contributed by atoms with Crippen LogP contribution in [-0.2, 0) is 4.79 Å². The second kappa shape index (κ2) is 9.59. The number of nitrogens with zero attached hydrogens (tertiary/aromatic N) is 5. The summed E-state index contributed by atoms with van der Waals surface area (Å²) in [6, 6.07) is 15.1. The van der Waals surface area contributed by atoms with Gasteiger partial charge < -0.3 is 10.2 Å². The third-order valence-corrected chi connectivity index (χ3v) is 6.33. The molecule has 1 aromatic carbocycles. The highest BCUT2D eigenvalue weighted by Crippen LogP contribution is 2.23. The molecule has 1 aliphatic rings. The van der Waals surface area contributed by atoms with Crippen molar-refractivity contribution in [3.8, 4) is 11.5 Å². The SMILES string of the molecule is C[C@@H](CC(=O)N1CCC[C@@H](Nc2ccnc(-c3cnc4ccc(F)cn34)n2)C1)c1ccccc1. The highest BCUT2D eigenvalue weighted by atomic mass is 19.1. The Labute approximate surface area is 197 Å². The number of piperidine rings is 1. The number of hydrogen-bond acceptors (Lipinski definition) is 5. The number of carbonyl (C=O) groups excluding carboxylic acids is 1. The van der Waals surface area contributed by atoms with Crippen LogP contribution in [0.2, 0.25) is 0 Å². The van der Waals surface area contributed by atoms with E-state index in [1.165, 1.54) is 17.8 Å². The summed E-state index contributed by atoms with van der Waals surface area (Å²) in [6.45, 7) is 3.52. The van der Waals surface area contributed by atoms with E-state index in [1.807, 2.05) is 29.2 Å². The monoisotopic (exact) mass is 458 g/mol. The van der Waals surface area contributed by atoms with Crippen LogP contribution in [-0.4, -0.2) is 49.3 Å². The Balaban J connectivity index is 1.26. The molecule has 34 heavy (non-hydrogen) atoms. The van der Waals surface area contributed by atoms with Crippen LogP contribution in [0.4, 0.5) is 10.2 Å². The summed E-state index contributed by atoms with van der Waals surface area (Å²) < 4.78 is 15.4. The number of halogens is 1. The van der Waals surface area contributed by atoms with Gasteiger partial charge in [-0.2, -0.15) is 0 Å². The molecule has 0 saturated carbocycles. The second-order valence-electron chi connectivity index (χ2n) is 8.82. The molecule has 1 saturated heterocycles. The predicted molar refractivity (Wildman–Crippen MR) is 129 cm³/mol. The number of pyridine rings is 1. The molecule has 174 valence electrons. The van der Waals surface area contributed by atoms with Crippen molar-refractivity contribution in [1.29, 1.82) is 0 Å². The largest absolute Gasteiger partial charge is 0.365 e. The van der Waals surface area contributed by atoms with Crippen LogP contribution in [0.3, 0.4) is 0 Å². The van der Waals surface area contributed by atoms with Crippen molar-refractivity contribution < 1.29 is 9.18 Å². The van der Waals surface area contributed by atoms with Crippen molar-refractivity contribution in [1.82, 2.24) is 24.3 Å². The van der Waals surface area contributed by atoms with Gasteiger partial charge in [-0.05, 0) is 42.5 Å². The molecule has 4 heterocycles. The van der Waals surface area contributed by atoms with E-state index in [0.29, 0.717) is 35.9 Å². The van der Waals surface area contributed by atoms with Gasteiger partial charge in [-0.1, -0.05) is 37.3 Å². The Hall–Kier alpha value is -3.81. The van der Waals surface area contributed by atoms with Crippen molar-refractivity contribution in [3.63, 3.8) is 0 Å². The molecule has 1 fully saturated rings. The lowest BCUT2D eigenvalue weighted by Gasteiger charge is -2.34. The van der Waals surface area contributed by atoms with Crippen LogP contribution >= 0.6 is 0 Å². The summed E-state index contributed by atoms with van der Waals surface area (Å²) in [5.74, 6) is 1.15. The Morgan fingerprint density at radius 2 is 2.03 bits per heavy atom. The van der Waals surface area contributed by atoms with Gasteiger partial charge in [-0.25, -0.2) is 19.3 Å². The van der Waals surface area contributed by atoms with Gasteiger partial charge in [-0.15, -0.1) is 0 Å². The first-order valence-corrected chi connectivity index (χ1v) is 11.6. The Kier molecular flexibility index (Phi) is 6.20. The van der Waals surface area contributed by atoms with Crippen LogP contribution < -0.4 is 5.32 Å². The minimum atomic E-state index is -0.352. The number of amides is 1. The van der Waals surface area contributed by atoms with Crippen molar-refractivity contribution in [2.75, 3.05) is 18.4 Å². The average Bonchev–Trinajstić information content (AvgIpc) is 3.28. The minimum absolute atomic E-state index is 0.104. The molecule has 1 N–H and O–H groups in total. The smallest absolute Gasteiger partial charge is 0.223 e. The van der Waals surface area contributed by atoms with Crippen LogP contribution in [0.25, 0.3) is 17.2 Å². The molecule has 1 amide bonds. The third kappa shape index (κ3) is 4.76. The molecule has 0 unspecified atom stereocenters. The van der Waals surface area contributed by atoms with Gasteiger partial charge in [-0.3, -0.25) is 9.20 Å². The van der Waals surface area contributed by atoms with Crippen LogP contribution in [0.1, 0.15) is 37.7 Å². The number of hydrogen-bond donors (Lipinski definition) is 1. The lowest BCUT2D eigenvalue weighted by molar-refractivity contribution is -0.132. The van der Waals surface area contributed by atoms with Crippen LogP contribution in [0.5, 0.6) is 0 Å². The van der Waals surface area contributed by atoms with E-state index < -0.39 is 0 Å². The molecule has 8 heteroatoms. The standard InChI is InChI=1S/C26H27FN6O/c1-18(19-6-3-2-4-7-19)14-25(34)32-13-5-8-21(17-32)30-23-11-12-28-26(31-23)22-15-29-24-10-9-20(27)16-33(22)24/h2-4,6-7,9-12,15-16,18,21H,5,8,13-14,17H2,1H3,(H,28,30,31)/t18-,21+/m0/s1. The number of nitrogens with one attached hydrogen (secondary N) is 1. The molecule has 3 aromatic heterocycles. The fourth-order valence-corrected chi connectivity index (χ4v) is 4.50. The summed E-state index contributed by atoms with van der Waals surface area (Å²) >= 11 is 0. The topological polar surface area (TPSA) is 75.4 Å². The molecular formula is C26H27FN6O. The minimum Gasteiger partial charge on any atom is -0.365 e. The normalized spacial score (nSPS) is 17.0. The van der Waals surface area contributed by atoms with Gasteiger partial charge in [0.15, 0.2) is 5.82 Å². The highest BCUT2D eigenvalue weighted by Gasteiger charge is 2.25. The zero-order valence-electron chi connectivity index (χ0n) is 19.1. The predicted octanol–water partition coefficient (Wildman–Crippen LogP) is 4.53. The number of fused-ring (bicyclic) bond motifs is 1. The van der Waals surface area contributed by atoms with E-state index in [2.05, 4.69) is 39.3 Å². The Bertz CT molecular complexity index is 1290. The first kappa shape index (κ1) is 22.0. The first-order chi connectivity index (χ1) is 16.6. The van der Waals surface area contributed by atoms with E-state index in [4.69, 9.17) is 0 Å². The molecule has 0 spiro atoms. The maximum absolute atomic E-state index is 13.7. The fourth-order valence-electron chi connectivity index (χ4n) is 4.50. The van der Waals surface area contributed by atoms with E-state index in [1.54, 1.807) is 22.9 Å². The highest BCUT2D eigenvalue weighted by molar-refractivity contribution is 5.77. The lowest BCUT2D eigenvalue weighted by Crippen LogP contribution is -2.45. The van der Waals surface area contributed by atoms with E-state index in [-0.39, 0.29) is 23.7 Å². The zero-order valence-corrected chi connectivity index (χ0v) is 19.1. The van der Waals surface area contributed by atoms with Crippen LogP contribution in [0, 0.1) is 5.82 Å². The Morgan fingerprint density at radius 1 is 1.18 bits per heavy atom. The van der Waals surface area contributed by atoms with Gasteiger partial charge in [0.1, 0.15) is 23.0 Å². The number of anilines is 1. The molecule has 4 aromatic rings. The lowest BCUT2D eigenvalue weighted by atomic mass is 9.96. The van der Waals surface area contributed by atoms with Crippen molar-refractivity contribution in [3.05, 3.63) is 78.5 Å². The number of benzene rings is 1. The quantitative estimate of drug-likeness (QED) is 0.460. The summed E-state index contributed by atoms with van der Waals surface area (Å²) in [7, 11) is 0. The molecule has 5 rings (SSSR count). The number of imidazole rings is 1. The van der Waals surface area contributed by atoms with Gasteiger partial charge in [0.25, 0.3) is 0 Å².